The van der Waals surface area contributed by atoms with Crippen LogP contribution in [-0.4, -0.2) is 33.6 Å². The molecule has 3 rings (SSSR count). The molecule has 2 heterocycles. The summed E-state index contributed by atoms with van der Waals surface area (Å²) in [6, 6.07) is 0.680. The van der Waals surface area contributed by atoms with Gasteiger partial charge in [-0.05, 0) is 32.1 Å². The van der Waals surface area contributed by atoms with Gasteiger partial charge < -0.3 is 4.90 Å². The summed E-state index contributed by atoms with van der Waals surface area (Å²) in [7, 11) is 0. The molecule has 2 aliphatic rings. The van der Waals surface area contributed by atoms with Gasteiger partial charge in [0.05, 0.1) is 0 Å². The second-order valence-corrected chi connectivity index (χ2v) is 6.34. The first kappa shape index (κ1) is 12.3. The van der Waals surface area contributed by atoms with Gasteiger partial charge in [0.2, 0.25) is 5.95 Å². The Kier molecular flexibility index (Phi) is 3.77. The van der Waals surface area contributed by atoms with E-state index < -0.39 is 0 Å². The van der Waals surface area contributed by atoms with Crippen molar-refractivity contribution in [3.8, 4) is 0 Å². The Balaban J connectivity index is 1.76. The van der Waals surface area contributed by atoms with E-state index >= 15 is 0 Å². The summed E-state index contributed by atoms with van der Waals surface area (Å²) in [5.41, 5.74) is 0. The Hall–Kier alpha value is -0.710. The number of rotatable bonds is 6. The molecular formula is C13H22N4S. The Morgan fingerprint density at radius 3 is 2.67 bits per heavy atom. The van der Waals surface area contributed by atoms with Gasteiger partial charge in [-0.15, -0.1) is 10.2 Å². The minimum absolute atomic E-state index is 0.680. The molecule has 1 saturated carbocycles. The van der Waals surface area contributed by atoms with Crippen LogP contribution in [0.4, 0.5) is 5.95 Å². The minimum atomic E-state index is 0.680. The lowest BCUT2D eigenvalue weighted by atomic mass is 10.4. The number of thioether (sulfide) groups is 1. The predicted molar refractivity (Wildman–Crippen MR) is 75.4 cm³/mol. The zero-order valence-corrected chi connectivity index (χ0v) is 12.0. The van der Waals surface area contributed by atoms with E-state index in [1.165, 1.54) is 44.3 Å². The van der Waals surface area contributed by atoms with Crippen molar-refractivity contribution in [1.82, 2.24) is 14.8 Å². The van der Waals surface area contributed by atoms with Crippen molar-refractivity contribution in [3.63, 3.8) is 0 Å². The molecule has 0 unspecified atom stereocenters. The highest BCUT2D eigenvalue weighted by Gasteiger charge is 2.32. The van der Waals surface area contributed by atoms with E-state index in [4.69, 9.17) is 0 Å². The maximum atomic E-state index is 4.46. The van der Waals surface area contributed by atoms with Crippen molar-refractivity contribution in [3.05, 3.63) is 0 Å². The van der Waals surface area contributed by atoms with Gasteiger partial charge >= 0.3 is 0 Å². The lowest BCUT2D eigenvalue weighted by Crippen LogP contribution is -2.22. The van der Waals surface area contributed by atoms with E-state index in [-0.39, 0.29) is 0 Å². The van der Waals surface area contributed by atoms with E-state index in [2.05, 4.69) is 26.6 Å². The topological polar surface area (TPSA) is 34.0 Å². The van der Waals surface area contributed by atoms with Crippen molar-refractivity contribution in [1.29, 1.82) is 0 Å². The number of aromatic nitrogens is 3. The first-order valence-corrected chi connectivity index (χ1v) is 8.21. The van der Waals surface area contributed by atoms with E-state index in [1.807, 2.05) is 11.8 Å². The maximum Gasteiger partial charge on any atom is 0.228 e. The number of unbranched alkanes of at least 4 members (excludes halogenated alkanes) is 1. The summed E-state index contributed by atoms with van der Waals surface area (Å²) < 4.78 is 2.41. The van der Waals surface area contributed by atoms with Crippen LogP contribution in [0.3, 0.4) is 0 Å². The molecule has 0 radical (unpaired) electrons. The summed E-state index contributed by atoms with van der Waals surface area (Å²) in [4.78, 5) is 2.41. The molecule has 0 amide bonds. The van der Waals surface area contributed by atoms with Crippen molar-refractivity contribution < 1.29 is 0 Å². The van der Waals surface area contributed by atoms with Crippen LogP contribution in [-0.2, 0) is 0 Å². The van der Waals surface area contributed by atoms with Gasteiger partial charge in [-0.3, -0.25) is 4.57 Å². The van der Waals surface area contributed by atoms with Crippen LogP contribution in [0.5, 0.6) is 0 Å². The number of hydrogen-bond donors (Lipinski definition) is 0. The Morgan fingerprint density at radius 1 is 1.22 bits per heavy atom. The Labute approximate surface area is 113 Å². The van der Waals surface area contributed by atoms with E-state index in [0.29, 0.717) is 6.04 Å². The molecule has 0 bridgehead atoms. The number of nitrogens with zero attached hydrogens (tertiary/aromatic N) is 4. The monoisotopic (exact) mass is 266 g/mol. The molecule has 1 aromatic heterocycles. The molecule has 1 saturated heterocycles. The van der Waals surface area contributed by atoms with Crippen LogP contribution in [0.15, 0.2) is 5.16 Å². The third kappa shape index (κ3) is 2.51. The standard InChI is InChI=1S/C13H22N4S/c1-2-3-10-18-13-15-14-12(16-8-4-5-9-16)17(13)11-6-7-11/h11H,2-10H2,1H3. The van der Waals surface area contributed by atoms with Crippen molar-refractivity contribution >= 4 is 17.7 Å². The van der Waals surface area contributed by atoms with Gasteiger partial charge in [-0.2, -0.15) is 0 Å². The van der Waals surface area contributed by atoms with E-state index in [1.54, 1.807) is 0 Å². The van der Waals surface area contributed by atoms with Crippen molar-refractivity contribution in [2.75, 3.05) is 23.7 Å². The summed E-state index contributed by atoms with van der Waals surface area (Å²) in [5.74, 6) is 2.30. The van der Waals surface area contributed by atoms with Crippen molar-refractivity contribution in [2.24, 2.45) is 0 Å². The number of anilines is 1. The molecule has 1 aromatic rings. The summed E-state index contributed by atoms with van der Waals surface area (Å²) in [6.07, 6.45) is 7.73. The molecule has 1 aliphatic heterocycles. The van der Waals surface area contributed by atoms with Crippen LogP contribution in [0, 0.1) is 0 Å². The van der Waals surface area contributed by atoms with E-state index in [9.17, 15) is 0 Å². The van der Waals surface area contributed by atoms with Crippen LogP contribution in [0.2, 0.25) is 0 Å². The van der Waals surface area contributed by atoms with Crippen LogP contribution in [0.1, 0.15) is 51.5 Å². The average Bonchev–Trinajstić information content (AvgIpc) is 2.93. The molecule has 2 fully saturated rings. The van der Waals surface area contributed by atoms with E-state index in [0.717, 1.165) is 24.2 Å². The zero-order chi connectivity index (χ0) is 12.4. The molecule has 0 N–H and O–H groups in total. The molecule has 0 aromatic carbocycles. The fourth-order valence-corrected chi connectivity index (χ4v) is 3.54. The lowest BCUT2D eigenvalue weighted by Gasteiger charge is -2.17. The minimum Gasteiger partial charge on any atom is -0.341 e. The molecule has 0 atom stereocenters. The first-order chi connectivity index (χ1) is 8.90. The Morgan fingerprint density at radius 2 is 2.00 bits per heavy atom. The maximum absolute atomic E-state index is 4.46. The largest absolute Gasteiger partial charge is 0.341 e. The molecule has 100 valence electrons. The molecule has 18 heavy (non-hydrogen) atoms. The fraction of sp³-hybridized carbons (Fsp3) is 0.846. The second kappa shape index (κ2) is 5.51. The highest BCUT2D eigenvalue weighted by molar-refractivity contribution is 7.99. The van der Waals surface area contributed by atoms with Crippen molar-refractivity contribution in [2.45, 2.75) is 56.6 Å². The molecule has 4 nitrogen and oxygen atoms in total. The smallest absolute Gasteiger partial charge is 0.228 e. The average molecular weight is 266 g/mol. The van der Waals surface area contributed by atoms with Crippen LogP contribution >= 0.6 is 11.8 Å². The fourth-order valence-electron chi connectivity index (χ4n) is 2.46. The quantitative estimate of drug-likeness (QED) is 0.585. The molecule has 5 heteroatoms. The summed E-state index contributed by atoms with van der Waals surface area (Å²) in [5, 5.41) is 10.0. The van der Waals surface area contributed by atoms with Crippen LogP contribution < -0.4 is 4.90 Å². The predicted octanol–water partition coefficient (Wildman–Crippen LogP) is 3.11. The lowest BCUT2D eigenvalue weighted by molar-refractivity contribution is 0.651. The highest BCUT2D eigenvalue weighted by atomic mass is 32.2. The third-order valence-electron chi connectivity index (χ3n) is 3.68. The second-order valence-electron chi connectivity index (χ2n) is 5.28. The SMILES string of the molecule is CCCCSc1nnc(N2CCCC2)n1C1CC1. The van der Waals surface area contributed by atoms with Crippen LogP contribution in [0.25, 0.3) is 0 Å². The molecule has 1 aliphatic carbocycles. The van der Waals surface area contributed by atoms with Gasteiger partial charge in [0, 0.05) is 24.9 Å². The highest BCUT2D eigenvalue weighted by Crippen LogP contribution is 2.41. The molecule has 0 spiro atoms. The number of hydrogen-bond acceptors (Lipinski definition) is 4. The Bertz CT molecular complexity index is 394. The van der Waals surface area contributed by atoms with Gasteiger partial charge in [0.15, 0.2) is 5.16 Å². The summed E-state index contributed by atoms with van der Waals surface area (Å²) in [6.45, 7) is 4.55. The summed E-state index contributed by atoms with van der Waals surface area (Å²) >= 11 is 1.88. The van der Waals surface area contributed by atoms with Gasteiger partial charge in [-0.1, -0.05) is 25.1 Å². The normalized spacial score (nSPS) is 19.7. The third-order valence-corrected chi connectivity index (χ3v) is 4.71. The molecular weight excluding hydrogens is 244 g/mol. The zero-order valence-electron chi connectivity index (χ0n) is 11.1. The van der Waals surface area contributed by atoms with Gasteiger partial charge in [0.1, 0.15) is 0 Å². The first-order valence-electron chi connectivity index (χ1n) is 7.23. The van der Waals surface area contributed by atoms with Gasteiger partial charge in [-0.25, -0.2) is 0 Å². The van der Waals surface area contributed by atoms with Gasteiger partial charge in [0.25, 0.3) is 0 Å².